The second kappa shape index (κ2) is 6.34. The maximum absolute atomic E-state index is 5.77. The summed E-state index contributed by atoms with van der Waals surface area (Å²) in [7, 11) is 1.92. The molecule has 1 aromatic carbocycles. The summed E-state index contributed by atoms with van der Waals surface area (Å²) in [5.74, 6) is 1.95. The topological polar surface area (TPSA) is 34.1 Å². The normalized spacial score (nSPS) is 10.7. The van der Waals surface area contributed by atoms with Gasteiger partial charge in [-0.3, -0.25) is 0 Å². The number of nitrogens with one attached hydrogen (secondary N) is 1. The molecule has 0 saturated carbocycles. The molecule has 19 heavy (non-hydrogen) atoms. The largest absolute Gasteiger partial charge is 0.439 e. The molecule has 0 aliphatic carbocycles. The number of rotatable bonds is 5. The molecule has 0 saturated heterocycles. The van der Waals surface area contributed by atoms with E-state index in [-0.39, 0.29) is 0 Å². The second-order valence-corrected chi connectivity index (χ2v) is 4.86. The number of benzene rings is 1. The van der Waals surface area contributed by atoms with Crippen molar-refractivity contribution in [1.82, 2.24) is 10.3 Å². The van der Waals surface area contributed by atoms with Crippen molar-refractivity contribution >= 4 is 0 Å². The van der Waals surface area contributed by atoms with Gasteiger partial charge in [0, 0.05) is 18.8 Å². The predicted molar refractivity (Wildman–Crippen MR) is 77.6 cm³/mol. The quantitative estimate of drug-likeness (QED) is 0.885. The van der Waals surface area contributed by atoms with Crippen LogP contribution in [-0.4, -0.2) is 12.0 Å². The summed E-state index contributed by atoms with van der Waals surface area (Å²) in [6.45, 7) is 5.16. The Labute approximate surface area is 114 Å². The summed E-state index contributed by atoms with van der Waals surface area (Å²) < 4.78 is 5.77. The maximum Gasteiger partial charge on any atom is 0.219 e. The highest BCUT2D eigenvalue weighted by atomic mass is 16.5. The smallest absolute Gasteiger partial charge is 0.219 e. The molecule has 3 heteroatoms. The highest BCUT2D eigenvalue weighted by Crippen LogP contribution is 2.24. The SMILES string of the molecule is CNCc1ccc(Oc2cccc(C(C)C)c2)nc1. The van der Waals surface area contributed by atoms with Crippen LogP contribution in [0.1, 0.15) is 30.9 Å². The zero-order valence-corrected chi connectivity index (χ0v) is 11.7. The van der Waals surface area contributed by atoms with Gasteiger partial charge < -0.3 is 10.1 Å². The zero-order valence-electron chi connectivity index (χ0n) is 11.7. The maximum atomic E-state index is 5.77. The Morgan fingerprint density at radius 2 is 2.05 bits per heavy atom. The van der Waals surface area contributed by atoms with E-state index in [1.165, 1.54) is 5.56 Å². The molecule has 0 spiro atoms. The van der Waals surface area contributed by atoms with Crippen molar-refractivity contribution in [2.45, 2.75) is 26.3 Å². The lowest BCUT2D eigenvalue weighted by Crippen LogP contribution is -2.05. The van der Waals surface area contributed by atoms with E-state index in [0.29, 0.717) is 11.8 Å². The zero-order chi connectivity index (χ0) is 13.7. The monoisotopic (exact) mass is 256 g/mol. The molecule has 100 valence electrons. The number of nitrogens with zero attached hydrogens (tertiary/aromatic N) is 1. The fourth-order valence-electron chi connectivity index (χ4n) is 1.84. The first-order valence-electron chi connectivity index (χ1n) is 6.56. The Balaban J connectivity index is 2.10. The average molecular weight is 256 g/mol. The summed E-state index contributed by atoms with van der Waals surface area (Å²) in [5.41, 5.74) is 2.41. The van der Waals surface area contributed by atoms with Gasteiger partial charge in [0.05, 0.1) is 0 Å². The van der Waals surface area contributed by atoms with Crippen LogP contribution >= 0.6 is 0 Å². The van der Waals surface area contributed by atoms with Crippen molar-refractivity contribution in [1.29, 1.82) is 0 Å². The van der Waals surface area contributed by atoms with E-state index in [1.807, 2.05) is 37.5 Å². The number of hydrogen-bond donors (Lipinski definition) is 1. The Bertz CT molecular complexity index is 521. The Morgan fingerprint density at radius 3 is 2.68 bits per heavy atom. The van der Waals surface area contributed by atoms with E-state index in [9.17, 15) is 0 Å². The van der Waals surface area contributed by atoms with E-state index < -0.39 is 0 Å². The predicted octanol–water partition coefficient (Wildman–Crippen LogP) is 3.72. The lowest BCUT2D eigenvalue weighted by atomic mass is 10.0. The van der Waals surface area contributed by atoms with Crippen LogP contribution < -0.4 is 10.1 Å². The average Bonchev–Trinajstić information content (AvgIpc) is 2.42. The summed E-state index contributed by atoms with van der Waals surface area (Å²) in [6.07, 6.45) is 1.83. The standard InChI is InChI=1S/C16H20N2O/c1-12(2)14-5-4-6-15(9-14)19-16-8-7-13(10-17-3)11-18-16/h4-9,11-12,17H,10H2,1-3H3. The minimum atomic E-state index is 0.495. The van der Waals surface area contributed by atoms with Gasteiger partial charge in [0.1, 0.15) is 5.75 Å². The molecule has 0 amide bonds. The van der Waals surface area contributed by atoms with Gasteiger partial charge in [0.25, 0.3) is 0 Å². The Morgan fingerprint density at radius 1 is 1.21 bits per heavy atom. The van der Waals surface area contributed by atoms with Crippen molar-refractivity contribution < 1.29 is 4.74 Å². The molecule has 1 heterocycles. The molecule has 0 atom stereocenters. The van der Waals surface area contributed by atoms with Crippen molar-refractivity contribution in [3.8, 4) is 11.6 Å². The first-order chi connectivity index (χ1) is 9.19. The molecule has 1 N–H and O–H groups in total. The number of aromatic nitrogens is 1. The fourth-order valence-corrected chi connectivity index (χ4v) is 1.84. The minimum absolute atomic E-state index is 0.495. The van der Waals surface area contributed by atoms with E-state index >= 15 is 0 Å². The van der Waals surface area contributed by atoms with Crippen molar-refractivity contribution in [3.05, 3.63) is 53.7 Å². The Hall–Kier alpha value is -1.87. The molecule has 0 aliphatic heterocycles. The molecule has 1 aromatic heterocycles. The molecule has 0 aliphatic rings. The van der Waals surface area contributed by atoms with Gasteiger partial charge in [0.15, 0.2) is 0 Å². The number of ether oxygens (including phenoxy) is 1. The number of hydrogen-bond acceptors (Lipinski definition) is 3. The van der Waals surface area contributed by atoms with Crippen molar-refractivity contribution in [2.24, 2.45) is 0 Å². The van der Waals surface area contributed by atoms with E-state index in [1.54, 1.807) is 0 Å². The van der Waals surface area contributed by atoms with Gasteiger partial charge in [-0.25, -0.2) is 4.98 Å². The summed E-state index contributed by atoms with van der Waals surface area (Å²) in [6, 6.07) is 12.1. The molecule has 2 aromatic rings. The van der Waals surface area contributed by atoms with Gasteiger partial charge in [-0.15, -0.1) is 0 Å². The lowest BCUT2D eigenvalue weighted by molar-refractivity contribution is 0.461. The summed E-state index contributed by atoms with van der Waals surface area (Å²) in [4.78, 5) is 4.30. The third kappa shape index (κ3) is 3.80. The van der Waals surface area contributed by atoms with Crippen LogP contribution in [-0.2, 0) is 6.54 Å². The summed E-state index contributed by atoms with van der Waals surface area (Å²) in [5, 5.41) is 3.09. The van der Waals surface area contributed by atoms with Crippen LogP contribution in [0.25, 0.3) is 0 Å². The first-order valence-corrected chi connectivity index (χ1v) is 6.56. The van der Waals surface area contributed by atoms with Gasteiger partial charge >= 0.3 is 0 Å². The first kappa shape index (κ1) is 13.6. The van der Waals surface area contributed by atoms with Gasteiger partial charge in [0.2, 0.25) is 5.88 Å². The third-order valence-electron chi connectivity index (χ3n) is 2.93. The van der Waals surface area contributed by atoms with Gasteiger partial charge in [-0.1, -0.05) is 32.0 Å². The van der Waals surface area contributed by atoms with Crippen molar-refractivity contribution in [3.63, 3.8) is 0 Å². The fraction of sp³-hybridized carbons (Fsp3) is 0.312. The van der Waals surface area contributed by atoms with Crippen LogP contribution in [0.3, 0.4) is 0 Å². The molecule has 0 fully saturated rings. The molecular formula is C16H20N2O. The molecule has 3 nitrogen and oxygen atoms in total. The van der Waals surface area contributed by atoms with Crippen LogP contribution in [0.5, 0.6) is 11.6 Å². The van der Waals surface area contributed by atoms with Crippen LogP contribution in [0.15, 0.2) is 42.6 Å². The van der Waals surface area contributed by atoms with Crippen molar-refractivity contribution in [2.75, 3.05) is 7.05 Å². The van der Waals surface area contributed by atoms with Crippen LogP contribution in [0, 0.1) is 0 Å². The van der Waals surface area contributed by atoms with Crippen LogP contribution in [0.2, 0.25) is 0 Å². The third-order valence-corrected chi connectivity index (χ3v) is 2.93. The number of pyridine rings is 1. The lowest BCUT2D eigenvalue weighted by Gasteiger charge is -2.09. The van der Waals surface area contributed by atoms with E-state index in [0.717, 1.165) is 17.9 Å². The minimum Gasteiger partial charge on any atom is -0.439 e. The Kier molecular flexibility index (Phi) is 4.53. The van der Waals surface area contributed by atoms with Gasteiger partial charge in [-0.05, 0) is 36.2 Å². The van der Waals surface area contributed by atoms with E-state index in [2.05, 4.69) is 36.3 Å². The van der Waals surface area contributed by atoms with Crippen LogP contribution in [0.4, 0.5) is 0 Å². The van der Waals surface area contributed by atoms with Gasteiger partial charge in [-0.2, -0.15) is 0 Å². The molecule has 0 radical (unpaired) electrons. The second-order valence-electron chi connectivity index (χ2n) is 4.86. The molecule has 2 rings (SSSR count). The highest BCUT2D eigenvalue weighted by Gasteiger charge is 2.03. The highest BCUT2D eigenvalue weighted by molar-refractivity contribution is 5.33. The molecule has 0 bridgehead atoms. The van der Waals surface area contributed by atoms with E-state index in [4.69, 9.17) is 4.74 Å². The molecule has 0 unspecified atom stereocenters. The summed E-state index contributed by atoms with van der Waals surface area (Å²) >= 11 is 0. The molecular weight excluding hydrogens is 236 g/mol.